The molecule has 0 aliphatic carbocycles. The summed E-state index contributed by atoms with van der Waals surface area (Å²) < 4.78 is 65.9. The van der Waals surface area contributed by atoms with E-state index in [2.05, 4.69) is 4.74 Å². The van der Waals surface area contributed by atoms with Gasteiger partial charge in [0.05, 0.1) is 18.4 Å². The van der Waals surface area contributed by atoms with Crippen molar-refractivity contribution < 1.29 is 31.1 Å². The third-order valence-electron chi connectivity index (χ3n) is 3.44. The zero-order valence-corrected chi connectivity index (χ0v) is 13.5. The lowest BCUT2D eigenvalue weighted by Crippen LogP contribution is -2.25. The molecule has 1 fully saturated rings. The van der Waals surface area contributed by atoms with Crippen LogP contribution in [0.4, 0.5) is 18.9 Å². The average molecular weight is 372 g/mol. The van der Waals surface area contributed by atoms with Gasteiger partial charge in [-0.05, 0) is 18.2 Å². The number of nitrogens with zero attached hydrogens (tertiary/aromatic N) is 1. The molecule has 1 amide bonds. The molecule has 128 valence electrons. The molecule has 1 unspecified atom stereocenters. The maximum atomic E-state index is 13.0. The molecule has 2 rings (SSSR count). The van der Waals surface area contributed by atoms with Gasteiger partial charge in [0.1, 0.15) is 5.75 Å². The highest BCUT2D eigenvalue weighted by atomic mass is 35.7. The van der Waals surface area contributed by atoms with Crippen LogP contribution in [0.5, 0.6) is 5.75 Å². The first-order valence-electron chi connectivity index (χ1n) is 6.49. The van der Waals surface area contributed by atoms with E-state index in [1.165, 1.54) is 6.07 Å². The fourth-order valence-corrected chi connectivity index (χ4v) is 3.83. The van der Waals surface area contributed by atoms with Crippen molar-refractivity contribution in [2.75, 3.05) is 24.3 Å². The molecule has 1 aromatic carbocycles. The molecule has 10 heteroatoms. The van der Waals surface area contributed by atoms with Gasteiger partial charge in [0, 0.05) is 35.3 Å². The molecule has 1 aliphatic rings. The summed E-state index contributed by atoms with van der Waals surface area (Å²) in [6.45, 7) is -0.00555. The molecule has 1 atom stereocenters. The third-order valence-corrected chi connectivity index (χ3v) is 4.69. The molecule has 23 heavy (non-hydrogen) atoms. The predicted octanol–water partition coefficient (Wildman–Crippen LogP) is 2.64. The van der Waals surface area contributed by atoms with Gasteiger partial charge in [0.25, 0.3) is 0 Å². The topological polar surface area (TPSA) is 63.7 Å². The van der Waals surface area contributed by atoms with Crippen molar-refractivity contribution in [3.8, 4) is 5.75 Å². The average Bonchev–Trinajstić information content (AvgIpc) is 2.75. The van der Waals surface area contributed by atoms with Gasteiger partial charge < -0.3 is 9.64 Å². The summed E-state index contributed by atoms with van der Waals surface area (Å²) in [4.78, 5) is 13.1. The molecule has 0 N–H and O–H groups in total. The molecule has 1 saturated heterocycles. The van der Waals surface area contributed by atoms with Crippen molar-refractivity contribution in [2.24, 2.45) is 5.92 Å². The quantitative estimate of drug-likeness (QED) is 0.763. The molecule has 0 radical (unpaired) electrons. The summed E-state index contributed by atoms with van der Waals surface area (Å²) in [7, 11) is 2.49. The normalized spacial score (nSPS) is 19.3. The van der Waals surface area contributed by atoms with E-state index in [1.54, 1.807) is 0 Å². The first kappa shape index (κ1) is 17.9. The second-order valence-corrected chi connectivity index (χ2v) is 7.98. The van der Waals surface area contributed by atoms with Gasteiger partial charge >= 0.3 is 6.18 Å². The summed E-state index contributed by atoms with van der Waals surface area (Å²) in [5.74, 6) is -1.76. The summed E-state index contributed by atoms with van der Waals surface area (Å²) in [6, 6.07) is 3.26. The van der Waals surface area contributed by atoms with Gasteiger partial charge in [-0.3, -0.25) is 4.79 Å². The van der Waals surface area contributed by atoms with Gasteiger partial charge in [-0.1, -0.05) is 0 Å². The Balaban J connectivity index is 2.30. The zero-order chi connectivity index (χ0) is 17.4. The lowest BCUT2D eigenvalue weighted by atomic mass is 10.1. The highest BCUT2D eigenvalue weighted by Crippen LogP contribution is 2.39. The van der Waals surface area contributed by atoms with Crippen molar-refractivity contribution >= 4 is 31.3 Å². The molecule has 1 aromatic rings. The number of rotatable bonds is 4. The highest BCUT2D eigenvalue weighted by Gasteiger charge is 2.37. The molecule has 0 saturated carbocycles. The summed E-state index contributed by atoms with van der Waals surface area (Å²) in [5.41, 5.74) is -0.962. The van der Waals surface area contributed by atoms with E-state index in [0.29, 0.717) is 0 Å². The number of halogens is 4. The number of anilines is 1. The smallest absolute Gasteiger partial charge is 0.420 e. The van der Waals surface area contributed by atoms with Crippen LogP contribution in [-0.4, -0.2) is 33.7 Å². The summed E-state index contributed by atoms with van der Waals surface area (Å²) in [5, 5.41) is 0. The molecule has 0 aromatic heterocycles. The Kier molecular flexibility index (Phi) is 4.81. The Labute approximate surface area is 135 Å². The van der Waals surface area contributed by atoms with Crippen LogP contribution in [0.25, 0.3) is 0 Å². The van der Waals surface area contributed by atoms with Gasteiger partial charge in [-0.25, -0.2) is 8.42 Å². The van der Waals surface area contributed by atoms with E-state index in [0.717, 1.165) is 24.1 Å². The predicted molar refractivity (Wildman–Crippen MR) is 78.1 cm³/mol. The van der Waals surface area contributed by atoms with E-state index in [-0.39, 0.29) is 24.4 Å². The Bertz CT molecular complexity index is 720. The molecular formula is C13H13ClF3NO4S. The van der Waals surface area contributed by atoms with Crippen molar-refractivity contribution in [3.05, 3.63) is 23.8 Å². The second-order valence-electron chi connectivity index (χ2n) is 5.16. The summed E-state index contributed by atoms with van der Waals surface area (Å²) >= 11 is 0. The van der Waals surface area contributed by atoms with Crippen LogP contribution in [0.15, 0.2) is 18.2 Å². The highest BCUT2D eigenvalue weighted by molar-refractivity contribution is 8.13. The molecule has 0 bridgehead atoms. The number of hydrogen-bond donors (Lipinski definition) is 0. The molecule has 0 spiro atoms. The van der Waals surface area contributed by atoms with Crippen LogP contribution >= 0.6 is 10.7 Å². The third kappa shape index (κ3) is 4.29. The van der Waals surface area contributed by atoms with Gasteiger partial charge in [0.2, 0.25) is 15.0 Å². The lowest BCUT2D eigenvalue weighted by Gasteiger charge is -2.20. The fraction of sp³-hybridized carbons (Fsp3) is 0.462. The number of hydrogen-bond acceptors (Lipinski definition) is 4. The summed E-state index contributed by atoms with van der Waals surface area (Å²) in [6.07, 6.45) is -4.72. The number of ether oxygens (including phenoxy) is 1. The van der Waals surface area contributed by atoms with Gasteiger partial charge in [-0.15, -0.1) is 0 Å². The van der Waals surface area contributed by atoms with E-state index in [1.807, 2.05) is 0 Å². The van der Waals surface area contributed by atoms with Crippen LogP contribution in [0.3, 0.4) is 0 Å². The number of carbonyl (C=O) groups excluding carboxylic acids is 1. The first-order chi connectivity index (χ1) is 10.5. The number of benzene rings is 1. The monoisotopic (exact) mass is 371 g/mol. The molecule has 1 heterocycles. The Morgan fingerprint density at radius 2 is 2.04 bits per heavy atom. The van der Waals surface area contributed by atoms with E-state index in [9.17, 15) is 26.4 Å². The number of alkyl halides is 3. The van der Waals surface area contributed by atoms with Gasteiger partial charge in [0.15, 0.2) is 0 Å². The Morgan fingerprint density at radius 1 is 1.39 bits per heavy atom. The minimum absolute atomic E-state index is 0.00555. The molecule has 5 nitrogen and oxygen atoms in total. The van der Waals surface area contributed by atoms with Gasteiger partial charge in [-0.2, -0.15) is 13.2 Å². The van der Waals surface area contributed by atoms with Crippen LogP contribution < -0.4 is 9.64 Å². The number of amides is 1. The largest absolute Gasteiger partial charge is 0.496 e. The SMILES string of the molecule is COc1ccc(N2CC(CS(=O)(=O)Cl)CC2=O)cc1C(F)(F)F. The lowest BCUT2D eigenvalue weighted by molar-refractivity contribution is -0.138. The van der Waals surface area contributed by atoms with Crippen LogP contribution in [0.2, 0.25) is 0 Å². The molecular weight excluding hydrogens is 359 g/mol. The van der Waals surface area contributed by atoms with E-state index in [4.69, 9.17) is 10.7 Å². The zero-order valence-electron chi connectivity index (χ0n) is 11.9. The number of carbonyl (C=O) groups is 1. The minimum atomic E-state index is -4.64. The van der Waals surface area contributed by atoms with E-state index < -0.39 is 38.4 Å². The van der Waals surface area contributed by atoms with E-state index >= 15 is 0 Å². The minimum Gasteiger partial charge on any atom is -0.496 e. The van der Waals surface area contributed by atoms with Crippen molar-refractivity contribution in [1.29, 1.82) is 0 Å². The molecule has 1 aliphatic heterocycles. The maximum absolute atomic E-state index is 13.0. The van der Waals surface area contributed by atoms with Crippen molar-refractivity contribution in [1.82, 2.24) is 0 Å². The van der Waals surface area contributed by atoms with Crippen molar-refractivity contribution in [2.45, 2.75) is 12.6 Å². The fourth-order valence-electron chi connectivity index (χ4n) is 2.51. The Morgan fingerprint density at radius 3 is 2.57 bits per heavy atom. The first-order valence-corrected chi connectivity index (χ1v) is 8.97. The van der Waals surface area contributed by atoms with Crippen LogP contribution in [0, 0.1) is 5.92 Å². The number of methoxy groups -OCH3 is 1. The van der Waals surface area contributed by atoms with Crippen LogP contribution in [-0.2, 0) is 20.0 Å². The Hall–Kier alpha value is -1.48. The standard InChI is InChI=1S/C13H13ClF3NO4S/c1-22-11-3-2-9(5-10(11)13(15,16)17)18-6-8(4-12(18)19)7-23(14,20)21/h2-3,5,8H,4,6-7H2,1H3. The maximum Gasteiger partial charge on any atom is 0.420 e. The van der Waals surface area contributed by atoms with Crippen LogP contribution in [0.1, 0.15) is 12.0 Å². The second kappa shape index (κ2) is 6.20. The van der Waals surface area contributed by atoms with Crippen molar-refractivity contribution in [3.63, 3.8) is 0 Å².